The van der Waals surface area contributed by atoms with E-state index < -0.39 is 5.78 Å². The first-order valence-electron chi connectivity index (χ1n) is 18.7. The molecule has 0 N–H and O–H groups in total. The Hall–Kier alpha value is -7.56. The summed E-state index contributed by atoms with van der Waals surface area (Å²) < 4.78 is 0. The molecule has 57 heavy (non-hydrogen) atoms. The van der Waals surface area contributed by atoms with E-state index >= 15 is 0 Å². The van der Waals surface area contributed by atoms with Gasteiger partial charge in [0, 0.05) is 44.5 Å². The number of aryl methyl sites for hydroxylation is 1. The minimum atomic E-state index is -0.412. The SMILES string of the molecule is Cc1cc(C(=O)c2cc(C(=O)c3cccc(-c4ccccc4)c3)cc(C(=O)c3cccc(-c4ccccc4)c3)c2)cc(C(=O)c2cccc(-c3ccccc3)c2)c1. The summed E-state index contributed by atoms with van der Waals surface area (Å²) in [4.78, 5) is 57.1. The van der Waals surface area contributed by atoms with Crippen molar-refractivity contribution in [2.75, 3.05) is 0 Å². The lowest BCUT2D eigenvalue weighted by Crippen LogP contribution is -2.12. The van der Waals surface area contributed by atoms with Crippen LogP contribution in [0.3, 0.4) is 0 Å². The Labute approximate surface area is 331 Å². The van der Waals surface area contributed by atoms with Crippen molar-refractivity contribution in [2.45, 2.75) is 6.92 Å². The van der Waals surface area contributed by atoms with Gasteiger partial charge in [-0.2, -0.15) is 0 Å². The van der Waals surface area contributed by atoms with Crippen LogP contribution in [0.4, 0.5) is 0 Å². The van der Waals surface area contributed by atoms with Crippen molar-refractivity contribution in [2.24, 2.45) is 0 Å². The number of hydrogen-bond acceptors (Lipinski definition) is 4. The summed E-state index contributed by atoms with van der Waals surface area (Å²) >= 11 is 0. The van der Waals surface area contributed by atoms with Gasteiger partial charge in [-0.15, -0.1) is 0 Å². The normalized spacial score (nSPS) is 10.8. The van der Waals surface area contributed by atoms with E-state index in [9.17, 15) is 19.2 Å². The van der Waals surface area contributed by atoms with Gasteiger partial charge >= 0.3 is 0 Å². The highest BCUT2D eigenvalue weighted by molar-refractivity contribution is 6.18. The van der Waals surface area contributed by atoms with Gasteiger partial charge in [0.05, 0.1) is 0 Å². The highest BCUT2D eigenvalue weighted by Gasteiger charge is 2.22. The molecule has 0 aliphatic carbocycles. The molecule has 0 aliphatic rings. The zero-order valence-corrected chi connectivity index (χ0v) is 31.2. The molecule has 272 valence electrons. The number of rotatable bonds is 11. The quantitative estimate of drug-likeness (QED) is 0.124. The van der Waals surface area contributed by atoms with Gasteiger partial charge in [0.2, 0.25) is 0 Å². The van der Waals surface area contributed by atoms with Crippen molar-refractivity contribution in [3.05, 3.63) is 250 Å². The fourth-order valence-corrected chi connectivity index (χ4v) is 7.14. The van der Waals surface area contributed by atoms with Crippen molar-refractivity contribution in [3.63, 3.8) is 0 Å². The van der Waals surface area contributed by atoms with Gasteiger partial charge in [-0.1, -0.05) is 146 Å². The van der Waals surface area contributed by atoms with Crippen molar-refractivity contribution in [1.82, 2.24) is 0 Å². The van der Waals surface area contributed by atoms with E-state index in [1.54, 1.807) is 54.6 Å². The van der Waals surface area contributed by atoms with Crippen LogP contribution in [0.15, 0.2) is 200 Å². The summed E-state index contributed by atoms with van der Waals surface area (Å²) in [7, 11) is 0. The first kappa shape index (κ1) is 36.4. The molecule has 0 heterocycles. The molecule has 0 spiro atoms. The van der Waals surface area contributed by atoms with Gasteiger partial charge in [0.25, 0.3) is 0 Å². The summed E-state index contributed by atoms with van der Waals surface area (Å²) in [6.45, 7) is 1.84. The van der Waals surface area contributed by atoms with Crippen LogP contribution < -0.4 is 0 Å². The Morgan fingerprint density at radius 1 is 0.246 bits per heavy atom. The van der Waals surface area contributed by atoms with Crippen LogP contribution in [0, 0.1) is 6.92 Å². The van der Waals surface area contributed by atoms with E-state index in [4.69, 9.17) is 0 Å². The van der Waals surface area contributed by atoms with Crippen LogP contribution in [-0.2, 0) is 0 Å². The number of benzene rings is 8. The second-order valence-electron chi connectivity index (χ2n) is 14.0. The van der Waals surface area contributed by atoms with Crippen molar-refractivity contribution < 1.29 is 19.2 Å². The van der Waals surface area contributed by atoms with Crippen LogP contribution in [0.2, 0.25) is 0 Å². The molecule has 0 fully saturated rings. The maximum Gasteiger partial charge on any atom is 0.193 e. The maximum absolute atomic E-state index is 14.5. The summed E-state index contributed by atoms with van der Waals surface area (Å²) in [5, 5.41) is 0. The topological polar surface area (TPSA) is 68.3 Å². The predicted molar refractivity (Wildman–Crippen MR) is 227 cm³/mol. The molecule has 0 amide bonds. The Morgan fingerprint density at radius 3 is 0.789 bits per heavy atom. The number of ketones is 4. The molecule has 8 aromatic rings. The molecule has 0 unspecified atom stereocenters. The second-order valence-corrected chi connectivity index (χ2v) is 14.0. The zero-order valence-electron chi connectivity index (χ0n) is 31.2. The van der Waals surface area contributed by atoms with E-state index in [0.717, 1.165) is 38.9 Å². The molecule has 0 saturated heterocycles. The number of carbonyl (C=O) groups is 4. The zero-order chi connectivity index (χ0) is 39.3. The third-order valence-corrected chi connectivity index (χ3v) is 10.0. The minimum absolute atomic E-state index is 0.165. The smallest absolute Gasteiger partial charge is 0.193 e. The molecular weight excluding hydrogens is 701 g/mol. The fourth-order valence-electron chi connectivity index (χ4n) is 7.14. The number of carbonyl (C=O) groups excluding carboxylic acids is 4. The average Bonchev–Trinajstić information content (AvgIpc) is 3.28. The summed E-state index contributed by atoms with van der Waals surface area (Å²) in [6.07, 6.45) is 0. The van der Waals surface area contributed by atoms with E-state index in [2.05, 4.69) is 0 Å². The van der Waals surface area contributed by atoms with Gasteiger partial charge in [-0.3, -0.25) is 19.2 Å². The molecule has 8 aromatic carbocycles. The van der Waals surface area contributed by atoms with Crippen LogP contribution in [0.1, 0.15) is 69.2 Å². The van der Waals surface area contributed by atoms with Crippen molar-refractivity contribution in [1.29, 1.82) is 0 Å². The Bertz CT molecular complexity index is 2690. The molecule has 0 aliphatic heterocycles. The van der Waals surface area contributed by atoms with E-state index in [1.807, 2.05) is 153 Å². The van der Waals surface area contributed by atoms with Crippen molar-refractivity contribution >= 4 is 23.1 Å². The summed E-state index contributed by atoms with van der Waals surface area (Å²) in [6, 6.07) is 61.2. The number of hydrogen-bond donors (Lipinski definition) is 0. The monoisotopic (exact) mass is 736 g/mol. The van der Waals surface area contributed by atoms with Gasteiger partial charge in [0.1, 0.15) is 0 Å². The van der Waals surface area contributed by atoms with Gasteiger partial charge in [-0.25, -0.2) is 0 Å². The first-order chi connectivity index (χ1) is 27.8. The third-order valence-electron chi connectivity index (χ3n) is 10.0. The third kappa shape index (κ3) is 7.98. The first-order valence-corrected chi connectivity index (χ1v) is 18.7. The molecule has 0 saturated carbocycles. The lowest BCUT2D eigenvalue weighted by Gasteiger charge is -2.12. The standard InChI is InChI=1S/C53H36O4/c1-35-26-45(50(54)42-23-11-20-39(28-42)36-14-5-2-6-15-36)31-46(27-35)53(57)49-33-47(51(55)43-24-12-21-40(29-43)37-16-7-3-8-17-37)32-48(34-49)52(56)44-25-13-22-41(30-44)38-18-9-4-10-19-38/h2-34H,1H3. The highest BCUT2D eigenvalue weighted by atomic mass is 16.1. The van der Waals surface area contributed by atoms with E-state index in [-0.39, 0.29) is 39.6 Å². The fraction of sp³-hybridized carbons (Fsp3) is 0.0189. The lowest BCUT2D eigenvalue weighted by molar-refractivity contribution is 0.102. The molecule has 4 heteroatoms. The van der Waals surface area contributed by atoms with E-state index in [1.165, 1.54) is 0 Å². The van der Waals surface area contributed by atoms with Crippen LogP contribution in [0.25, 0.3) is 33.4 Å². The van der Waals surface area contributed by atoms with Crippen molar-refractivity contribution in [3.8, 4) is 33.4 Å². The van der Waals surface area contributed by atoms with E-state index in [0.29, 0.717) is 22.3 Å². The largest absolute Gasteiger partial charge is 0.289 e. The summed E-state index contributed by atoms with van der Waals surface area (Å²) in [5.41, 5.74) is 8.84. The van der Waals surface area contributed by atoms with Crippen LogP contribution in [0.5, 0.6) is 0 Å². The molecule has 4 nitrogen and oxygen atoms in total. The lowest BCUT2D eigenvalue weighted by atomic mass is 9.90. The summed E-state index contributed by atoms with van der Waals surface area (Å²) in [5.74, 6) is -1.28. The van der Waals surface area contributed by atoms with Crippen LogP contribution in [-0.4, -0.2) is 23.1 Å². The van der Waals surface area contributed by atoms with Gasteiger partial charge in [0.15, 0.2) is 23.1 Å². The molecular formula is C53H36O4. The van der Waals surface area contributed by atoms with Gasteiger partial charge in [-0.05, 0) is 100 Å². The molecule has 0 bridgehead atoms. The van der Waals surface area contributed by atoms with Crippen LogP contribution >= 0.6 is 0 Å². The maximum atomic E-state index is 14.5. The molecule has 8 rings (SSSR count). The minimum Gasteiger partial charge on any atom is -0.289 e. The molecule has 0 aromatic heterocycles. The highest BCUT2D eigenvalue weighted by Crippen LogP contribution is 2.28. The Kier molecular flexibility index (Phi) is 10.2. The average molecular weight is 737 g/mol. The predicted octanol–water partition coefficient (Wildman–Crippen LogP) is 11.9. The Morgan fingerprint density at radius 2 is 0.491 bits per heavy atom. The van der Waals surface area contributed by atoms with Gasteiger partial charge < -0.3 is 0 Å². The second kappa shape index (κ2) is 16.0. The molecule has 0 radical (unpaired) electrons. The molecule has 0 atom stereocenters. The Balaban J connectivity index is 1.19.